The third-order valence-electron chi connectivity index (χ3n) is 4.37. The fraction of sp³-hybridized carbons (Fsp3) is 0.0909. The summed E-state index contributed by atoms with van der Waals surface area (Å²) >= 11 is 0. The molecule has 4 aromatic rings. The number of anilines is 2. The van der Waals surface area contributed by atoms with Crippen molar-refractivity contribution in [1.29, 1.82) is 0 Å². The van der Waals surface area contributed by atoms with Crippen LogP contribution in [0.2, 0.25) is 0 Å². The summed E-state index contributed by atoms with van der Waals surface area (Å²) in [6.45, 7) is 0. The number of nitrogens with one attached hydrogen (secondary N) is 1. The van der Waals surface area contributed by atoms with Crippen molar-refractivity contribution in [3.8, 4) is 22.8 Å². The lowest BCUT2D eigenvalue weighted by Gasteiger charge is -2.13. The first-order valence-corrected chi connectivity index (χ1v) is 8.58. The quantitative estimate of drug-likeness (QED) is 0.486. The Morgan fingerprint density at radius 3 is 2.39 bits per heavy atom. The van der Waals surface area contributed by atoms with Gasteiger partial charge in [0, 0.05) is 40.8 Å². The first-order chi connectivity index (χ1) is 13.3. The van der Waals surface area contributed by atoms with E-state index in [-0.39, 0.29) is 12.4 Å². The molecule has 4 rings (SSSR count). The molecule has 0 atom stereocenters. The summed E-state index contributed by atoms with van der Waals surface area (Å²) in [6.07, 6.45) is 3.59. The Labute approximate surface area is 169 Å². The van der Waals surface area contributed by atoms with Gasteiger partial charge in [0.2, 0.25) is 0 Å². The van der Waals surface area contributed by atoms with Crippen LogP contribution < -0.4 is 14.8 Å². The van der Waals surface area contributed by atoms with E-state index in [4.69, 9.17) is 9.47 Å². The number of hydrogen-bond donors (Lipinski definition) is 1. The lowest BCUT2D eigenvalue weighted by Crippen LogP contribution is -1.95. The molecule has 5 nitrogen and oxygen atoms in total. The number of aromatic nitrogens is 2. The summed E-state index contributed by atoms with van der Waals surface area (Å²) in [5, 5.41) is 4.48. The molecule has 142 valence electrons. The molecule has 0 amide bonds. The molecule has 0 bridgehead atoms. The van der Waals surface area contributed by atoms with Crippen molar-refractivity contribution >= 4 is 34.7 Å². The Kier molecular flexibility index (Phi) is 5.96. The van der Waals surface area contributed by atoms with Gasteiger partial charge in [-0.05, 0) is 36.4 Å². The van der Waals surface area contributed by atoms with Crippen LogP contribution in [0.3, 0.4) is 0 Å². The van der Waals surface area contributed by atoms with Crippen LogP contribution in [0.5, 0.6) is 11.5 Å². The molecule has 0 saturated heterocycles. The summed E-state index contributed by atoms with van der Waals surface area (Å²) in [5.41, 5.74) is 4.76. The maximum absolute atomic E-state index is 5.38. The second kappa shape index (κ2) is 8.59. The Hall–Kier alpha value is -3.31. The summed E-state index contributed by atoms with van der Waals surface area (Å²) in [6, 6.07) is 19.8. The van der Waals surface area contributed by atoms with Crippen molar-refractivity contribution in [3.05, 3.63) is 73.1 Å². The van der Waals surface area contributed by atoms with Crippen LogP contribution in [0, 0.1) is 0 Å². The Balaban J connectivity index is 0.00000225. The molecule has 28 heavy (non-hydrogen) atoms. The molecule has 0 unspecified atom stereocenters. The SMILES string of the molecule is COc1ccc(Nc2ccnc3cc(-c4ccccn4)ccc23)cc1OC.Cl. The van der Waals surface area contributed by atoms with E-state index in [2.05, 4.69) is 33.5 Å². The van der Waals surface area contributed by atoms with Crippen molar-refractivity contribution in [3.63, 3.8) is 0 Å². The molecule has 0 aliphatic heterocycles. The number of hydrogen-bond acceptors (Lipinski definition) is 5. The molecule has 1 N–H and O–H groups in total. The highest BCUT2D eigenvalue weighted by molar-refractivity contribution is 5.95. The molecule has 0 aliphatic carbocycles. The molecule has 2 aromatic carbocycles. The standard InChI is InChI=1S/C22H19N3O2.ClH/c1-26-21-9-7-16(14-22(21)27-2)25-19-10-12-24-20-13-15(6-8-17(19)20)18-5-3-4-11-23-18;/h3-14H,1-2H3,(H,24,25);1H. The molecule has 0 spiro atoms. The van der Waals surface area contributed by atoms with Gasteiger partial charge in [0.25, 0.3) is 0 Å². The lowest BCUT2D eigenvalue weighted by molar-refractivity contribution is 0.355. The van der Waals surface area contributed by atoms with E-state index in [1.165, 1.54) is 0 Å². The van der Waals surface area contributed by atoms with Gasteiger partial charge in [-0.1, -0.05) is 18.2 Å². The zero-order valence-electron chi connectivity index (χ0n) is 15.5. The first kappa shape index (κ1) is 19.5. The second-order valence-corrected chi connectivity index (χ2v) is 6.00. The maximum Gasteiger partial charge on any atom is 0.162 e. The molecule has 0 aliphatic rings. The molecule has 2 heterocycles. The highest BCUT2D eigenvalue weighted by Crippen LogP contribution is 2.33. The summed E-state index contributed by atoms with van der Waals surface area (Å²) in [5.74, 6) is 1.38. The molecule has 0 radical (unpaired) electrons. The van der Waals surface area contributed by atoms with Crippen LogP contribution >= 0.6 is 12.4 Å². The average Bonchev–Trinajstić information content (AvgIpc) is 2.74. The van der Waals surface area contributed by atoms with Crippen LogP contribution in [0.25, 0.3) is 22.2 Å². The molecule has 6 heteroatoms. The number of ether oxygens (including phenoxy) is 2. The highest BCUT2D eigenvalue weighted by atomic mass is 35.5. The van der Waals surface area contributed by atoms with E-state index in [0.717, 1.165) is 33.5 Å². The predicted molar refractivity (Wildman–Crippen MR) is 115 cm³/mol. The van der Waals surface area contributed by atoms with Gasteiger partial charge in [-0.2, -0.15) is 0 Å². The third-order valence-corrected chi connectivity index (χ3v) is 4.37. The lowest BCUT2D eigenvalue weighted by atomic mass is 10.1. The molecule has 0 fully saturated rings. The highest BCUT2D eigenvalue weighted by Gasteiger charge is 2.08. The zero-order chi connectivity index (χ0) is 18.6. The van der Waals surface area contributed by atoms with Crippen molar-refractivity contribution in [1.82, 2.24) is 9.97 Å². The third kappa shape index (κ3) is 3.85. The van der Waals surface area contributed by atoms with Crippen molar-refractivity contribution < 1.29 is 9.47 Å². The van der Waals surface area contributed by atoms with Crippen LogP contribution in [0.4, 0.5) is 11.4 Å². The number of pyridine rings is 2. The fourth-order valence-electron chi connectivity index (χ4n) is 3.02. The zero-order valence-corrected chi connectivity index (χ0v) is 16.4. The van der Waals surface area contributed by atoms with Crippen molar-refractivity contribution in [2.45, 2.75) is 0 Å². The topological polar surface area (TPSA) is 56.3 Å². The van der Waals surface area contributed by atoms with Crippen LogP contribution in [0.15, 0.2) is 73.1 Å². The number of nitrogens with zero attached hydrogens (tertiary/aromatic N) is 2. The Morgan fingerprint density at radius 2 is 1.64 bits per heavy atom. The number of halogens is 1. The minimum Gasteiger partial charge on any atom is -0.493 e. The number of benzene rings is 2. The monoisotopic (exact) mass is 393 g/mol. The fourth-order valence-corrected chi connectivity index (χ4v) is 3.02. The number of rotatable bonds is 5. The maximum atomic E-state index is 5.38. The van der Waals surface area contributed by atoms with Crippen LogP contribution in [-0.4, -0.2) is 24.2 Å². The predicted octanol–water partition coefficient (Wildman–Crippen LogP) is 5.48. The smallest absolute Gasteiger partial charge is 0.162 e. The van der Waals surface area contributed by atoms with Crippen LogP contribution in [0.1, 0.15) is 0 Å². The molecular formula is C22H20ClN3O2. The Morgan fingerprint density at radius 1 is 0.786 bits per heavy atom. The van der Waals surface area contributed by atoms with Gasteiger partial charge < -0.3 is 14.8 Å². The first-order valence-electron chi connectivity index (χ1n) is 8.58. The van der Waals surface area contributed by atoms with E-state index >= 15 is 0 Å². The summed E-state index contributed by atoms with van der Waals surface area (Å²) in [4.78, 5) is 8.93. The van der Waals surface area contributed by atoms with Crippen molar-refractivity contribution in [2.24, 2.45) is 0 Å². The van der Waals surface area contributed by atoms with Gasteiger partial charge >= 0.3 is 0 Å². The normalized spacial score (nSPS) is 10.2. The largest absolute Gasteiger partial charge is 0.493 e. The number of fused-ring (bicyclic) bond motifs is 1. The number of methoxy groups -OCH3 is 2. The minimum absolute atomic E-state index is 0. The van der Waals surface area contributed by atoms with Gasteiger partial charge in [-0.3, -0.25) is 9.97 Å². The van der Waals surface area contributed by atoms with E-state index in [1.807, 2.05) is 42.5 Å². The Bertz CT molecular complexity index is 1090. The summed E-state index contributed by atoms with van der Waals surface area (Å²) < 4.78 is 10.7. The van der Waals surface area contributed by atoms with Gasteiger partial charge in [0.15, 0.2) is 11.5 Å². The molecule has 0 saturated carbocycles. The van der Waals surface area contributed by atoms with Crippen molar-refractivity contribution in [2.75, 3.05) is 19.5 Å². The summed E-state index contributed by atoms with van der Waals surface area (Å²) in [7, 11) is 3.25. The van der Waals surface area contributed by atoms with E-state index in [1.54, 1.807) is 26.6 Å². The van der Waals surface area contributed by atoms with Gasteiger partial charge in [-0.15, -0.1) is 12.4 Å². The van der Waals surface area contributed by atoms with Gasteiger partial charge in [-0.25, -0.2) is 0 Å². The van der Waals surface area contributed by atoms with Gasteiger partial charge in [0.1, 0.15) is 0 Å². The van der Waals surface area contributed by atoms with E-state index in [9.17, 15) is 0 Å². The van der Waals surface area contributed by atoms with E-state index in [0.29, 0.717) is 11.5 Å². The molecular weight excluding hydrogens is 374 g/mol. The molecule has 2 aromatic heterocycles. The van der Waals surface area contributed by atoms with Gasteiger partial charge in [0.05, 0.1) is 25.4 Å². The van der Waals surface area contributed by atoms with E-state index < -0.39 is 0 Å². The minimum atomic E-state index is 0. The second-order valence-electron chi connectivity index (χ2n) is 6.00. The average molecular weight is 394 g/mol. The van der Waals surface area contributed by atoms with Crippen LogP contribution in [-0.2, 0) is 0 Å².